The molecular weight excluding hydrogens is 444 g/mol. The third kappa shape index (κ3) is 4.35. The van der Waals surface area contributed by atoms with Crippen molar-refractivity contribution < 1.29 is 19.5 Å². The van der Waals surface area contributed by atoms with Gasteiger partial charge in [0.25, 0.3) is 0 Å². The van der Waals surface area contributed by atoms with E-state index >= 15 is 0 Å². The fraction of sp³-hybridized carbons (Fsp3) is 0.370. The summed E-state index contributed by atoms with van der Waals surface area (Å²) < 4.78 is 6.01. The molecule has 1 aliphatic carbocycles. The SMILES string of the molecule is NC1(c2ccc(OCc3ccnc4ccccc34)cc2)CCN(C2CCCCC2C(=O)NO)C1=O. The molecule has 3 atom stereocenters. The zero-order valence-corrected chi connectivity index (χ0v) is 19.5. The number of hydroxylamine groups is 1. The van der Waals surface area contributed by atoms with Crippen molar-refractivity contribution in [3.05, 3.63) is 71.9 Å². The van der Waals surface area contributed by atoms with E-state index in [2.05, 4.69) is 4.98 Å². The second-order valence-electron chi connectivity index (χ2n) is 9.45. The first kappa shape index (κ1) is 23.3. The zero-order chi connectivity index (χ0) is 24.4. The maximum Gasteiger partial charge on any atom is 0.248 e. The molecule has 3 unspecified atom stereocenters. The molecule has 182 valence electrons. The van der Waals surface area contributed by atoms with Gasteiger partial charge in [-0.05, 0) is 49.1 Å². The number of amides is 2. The monoisotopic (exact) mass is 474 g/mol. The predicted octanol–water partition coefficient (Wildman–Crippen LogP) is 3.26. The summed E-state index contributed by atoms with van der Waals surface area (Å²) in [5, 5.41) is 10.2. The van der Waals surface area contributed by atoms with Gasteiger partial charge in [0.15, 0.2) is 0 Å². The molecule has 8 nitrogen and oxygen atoms in total. The average molecular weight is 475 g/mol. The highest BCUT2D eigenvalue weighted by Crippen LogP contribution is 2.38. The van der Waals surface area contributed by atoms with Crippen molar-refractivity contribution >= 4 is 22.7 Å². The number of carbonyl (C=O) groups excluding carboxylic acids is 2. The molecule has 4 N–H and O–H groups in total. The van der Waals surface area contributed by atoms with Crippen molar-refractivity contribution in [1.29, 1.82) is 0 Å². The number of nitrogens with two attached hydrogens (primary N) is 1. The van der Waals surface area contributed by atoms with Crippen LogP contribution < -0.4 is 16.0 Å². The number of ether oxygens (including phenoxy) is 1. The first-order valence-electron chi connectivity index (χ1n) is 12.1. The molecular formula is C27H30N4O4. The number of nitrogens with zero attached hydrogens (tertiary/aromatic N) is 2. The Bertz CT molecular complexity index is 1230. The summed E-state index contributed by atoms with van der Waals surface area (Å²) in [4.78, 5) is 31.8. The average Bonchev–Trinajstić information content (AvgIpc) is 3.22. The van der Waals surface area contributed by atoms with E-state index in [0.717, 1.165) is 41.3 Å². The van der Waals surface area contributed by atoms with Gasteiger partial charge < -0.3 is 15.4 Å². The van der Waals surface area contributed by atoms with Gasteiger partial charge in [-0.25, -0.2) is 5.48 Å². The molecule has 1 aliphatic heterocycles. The number of nitrogens with one attached hydrogen (secondary N) is 1. The number of hydrogen-bond acceptors (Lipinski definition) is 6. The number of likely N-dealkylation sites (tertiary alicyclic amines) is 1. The second kappa shape index (κ2) is 9.64. The molecule has 1 saturated carbocycles. The van der Waals surface area contributed by atoms with E-state index in [1.54, 1.807) is 16.6 Å². The number of carbonyl (C=O) groups is 2. The van der Waals surface area contributed by atoms with Crippen molar-refractivity contribution in [2.24, 2.45) is 11.7 Å². The summed E-state index contributed by atoms with van der Waals surface area (Å²) in [5.74, 6) is -0.329. The lowest BCUT2D eigenvalue weighted by Crippen LogP contribution is -2.52. The van der Waals surface area contributed by atoms with Crippen LogP contribution in [0.4, 0.5) is 0 Å². The smallest absolute Gasteiger partial charge is 0.248 e. The van der Waals surface area contributed by atoms with Crippen LogP contribution in [0.25, 0.3) is 10.9 Å². The number of hydrogen-bond donors (Lipinski definition) is 3. The molecule has 2 aromatic carbocycles. The topological polar surface area (TPSA) is 118 Å². The van der Waals surface area contributed by atoms with Crippen LogP contribution in [0.15, 0.2) is 60.8 Å². The summed E-state index contributed by atoms with van der Waals surface area (Å²) in [6.45, 7) is 0.890. The van der Waals surface area contributed by atoms with Gasteiger partial charge in [0.2, 0.25) is 11.8 Å². The first-order valence-corrected chi connectivity index (χ1v) is 12.1. The Kier molecular flexibility index (Phi) is 6.40. The van der Waals surface area contributed by atoms with Gasteiger partial charge >= 0.3 is 0 Å². The van der Waals surface area contributed by atoms with Crippen LogP contribution >= 0.6 is 0 Å². The fourth-order valence-electron chi connectivity index (χ4n) is 5.51. The molecule has 2 aliphatic rings. The highest BCUT2D eigenvalue weighted by atomic mass is 16.5. The van der Waals surface area contributed by atoms with E-state index in [-0.39, 0.29) is 11.9 Å². The van der Waals surface area contributed by atoms with E-state index in [9.17, 15) is 9.59 Å². The first-order chi connectivity index (χ1) is 17.0. The van der Waals surface area contributed by atoms with Gasteiger partial charge in [0, 0.05) is 29.7 Å². The second-order valence-corrected chi connectivity index (χ2v) is 9.45. The van der Waals surface area contributed by atoms with Gasteiger partial charge in [-0.3, -0.25) is 19.8 Å². The quantitative estimate of drug-likeness (QED) is 0.373. The third-order valence-corrected chi connectivity index (χ3v) is 7.47. The summed E-state index contributed by atoms with van der Waals surface area (Å²) in [7, 11) is 0. The number of para-hydroxylation sites is 1. The molecule has 2 fully saturated rings. The molecule has 0 radical (unpaired) electrons. The molecule has 2 heterocycles. The van der Waals surface area contributed by atoms with Gasteiger partial charge in [-0.2, -0.15) is 0 Å². The van der Waals surface area contributed by atoms with Crippen LogP contribution in [-0.2, 0) is 21.7 Å². The molecule has 8 heteroatoms. The van der Waals surface area contributed by atoms with Crippen LogP contribution in [-0.4, -0.2) is 39.5 Å². The highest BCUT2D eigenvalue weighted by Gasteiger charge is 2.49. The molecule has 3 aromatic rings. The standard InChI is InChI=1S/C27H30N4O4/c28-27(14-16-31(26(27)33)24-8-4-2-6-22(24)25(32)30-34)19-9-11-20(12-10-19)35-17-18-13-15-29-23-7-3-1-5-21(18)23/h1,3,5,7,9-13,15,22,24,34H,2,4,6,8,14,16-17,28H2,(H,30,32). The Labute approximate surface area is 204 Å². The number of rotatable bonds is 6. The molecule has 35 heavy (non-hydrogen) atoms. The molecule has 0 spiro atoms. The summed E-state index contributed by atoms with van der Waals surface area (Å²) in [6, 6.07) is 17.0. The lowest BCUT2D eigenvalue weighted by molar-refractivity contribution is -0.142. The normalized spacial score (nSPS) is 24.5. The summed E-state index contributed by atoms with van der Waals surface area (Å²) >= 11 is 0. The van der Waals surface area contributed by atoms with E-state index in [1.807, 2.05) is 54.6 Å². The fourth-order valence-corrected chi connectivity index (χ4v) is 5.51. The number of benzene rings is 2. The van der Waals surface area contributed by atoms with Crippen molar-refractivity contribution in [1.82, 2.24) is 15.4 Å². The van der Waals surface area contributed by atoms with Crippen molar-refractivity contribution in [2.75, 3.05) is 6.54 Å². The maximum atomic E-state index is 13.5. The van der Waals surface area contributed by atoms with Crippen LogP contribution in [0, 0.1) is 5.92 Å². The van der Waals surface area contributed by atoms with Gasteiger partial charge in [0.05, 0.1) is 11.4 Å². The van der Waals surface area contributed by atoms with E-state index in [4.69, 9.17) is 15.7 Å². The lowest BCUT2D eigenvalue weighted by atomic mass is 9.82. The molecule has 1 aromatic heterocycles. The summed E-state index contributed by atoms with van der Waals surface area (Å²) in [6.07, 6.45) is 5.48. The van der Waals surface area contributed by atoms with Gasteiger partial charge in [-0.15, -0.1) is 0 Å². The molecule has 0 bridgehead atoms. The van der Waals surface area contributed by atoms with E-state index in [1.165, 1.54) is 0 Å². The maximum absolute atomic E-state index is 13.5. The Morgan fingerprint density at radius 2 is 1.91 bits per heavy atom. The predicted molar refractivity (Wildman–Crippen MR) is 130 cm³/mol. The highest BCUT2D eigenvalue weighted by molar-refractivity contribution is 5.90. The minimum atomic E-state index is -1.14. The lowest BCUT2D eigenvalue weighted by Gasteiger charge is -2.37. The van der Waals surface area contributed by atoms with Crippen LogP contribution in [0.3, 0.4) is 0 Å². The Morgan fingerprint density at radius 3 is 2.71 bits per heavy atom. The molecule has 1 saturated heterocycles. The zero-order valence-electron chi connectivity index (χ0n) is 19.5. The van der Waals surface area contributed by atoms with Crippen molar-refractivity contribution in [3.63, 3.8) is 0 Å². The largest absolute Gasteiger partial charge is 0.489 e. The molecule has 5 rings (SSSR count). The Balaban J connectivity index is 1.29. The van der Waals surface area contributed by atoms with Crippen molar-refractivity contribution in [2.45, 2.75) is 50.3 Å². The van der Waals surface area contributed by atoms with Crippen LogP contribution in [0.1, 0.15) is 43.2 Å². The van der Waals surface area contributed by atoms with Gasteiger partial charge in [-0.1, -0.05) is 43.2 Å². The minimum absolute atomic E-state index is 0.169. The van der Waals surface area contributed by atoms with Gasteiger partial charge in [0.1, 0.15) is 17.9 Å². The summed E-state index contributed by atoms with van der Waals surface area (Å²) in [5.41, 5.74) is 9.99. The number of aromatic nitrogens is 1. The van der Waals surface area contributed by atoms with Crippen LogP contribution in [0.2, 0.25) is 0 Å². The Morgan fingerprint density at radius 1 is 1.14 bits per heavy atom. The van der Waals surface area contributed by atoms with Crippen LogP contribution in [0.5, 0.6) is 5.75 Å². The molecule has 2 amide bonds. The number of pyridine rings is 1. The third-order valence-electron chi connectivity index (χ3n) is 7.47. The van der Waals surface area contributed by atoms with E-state index in [0.29, 0.717) is 31.7 Å². The van der Waals surface area contributed by atoms with Crippen molar-refractivity contribution in [3.8, 4) is 5.75 Å². The Hall–Kier alpha value is -3.49. The van der Waals surface area contributed by atoms with E-state index < -0.39 is 17.4 Å². The minimum Gasteiger partial charge on any atom is -0.489 e. The number of fused-ring (bicyclic) bond motifs is 1.